The topological polar surface area (TPSA) is 94.5 Å². The van der Waals surface area contributed by atoms with E-state index in [2.05, 4.69) is 0 Å². The van der Waals surface area contributed by atoms with Crippen LogP contribution in [0, 0.1) is 0 Å². The molecule has 1 aliphatic heterocycles. The van der Waals surface area contributed by atoms with Gasteiger partial charge in [-0.3, -0.25) is 4.57 Å². The molecule has 0 amide bonds. The Morgan fingerprint density at radius 2 is 1.74 bits per heavy atom. The van der Waals surface area contributed by atoms with E-state index in [0.29, 0.717) is 0 Å². The molecular formula is C11H23O7P. The minimum Gasteiger partial charge on any atom is -0.387 e. The molecule has 19 heavy (non-hydrogen) atoms. The summed E-state index contributed by atoms with van der Waals surface area (Å²) in [5, 5.41) is 19.4. The highest BCUT2D eigenvalue weighted by atomic mass is 31.2. The summed E-state index contributed by atoms with van der Waals surface area (Å²) in [5.74, 6) is 0. The van der Waals surface area contributed by atoms with Crippen LogP contribution in [0.2, 0.25) is 0 Å². The van der Waals surface area contributed by atoms with Crippen LogP contribution in [0.3, 0.4) is 0 Å². The Bertz CT molecular complexity index is 301. The molecular weight excluding hydrogens is 275 g/mol. The van der Waals surface area contributed by atoms with E-state index in [4.69, 9.17) is 18.5 Å². The van der Waals surface area contributed by atoms with E-state index in [-0.39, 0.29) is 25.8 Å². The van der Waals surface area contributed by atoms with E-state index < -0.39 is 32.2 Å². The Hall–Kier alpha value is -0.0100. The molecule has 1 unspecified atom stereocenters. The highest BCUT2D eigenvalue weighted by molar-refractivity contribution is 7.53. The third-order valence-electron chi connectivity index (χ3n) is 2.89. The maximum Gasteiger partial charge on any atom is 0.330 e. The number of aliphatic hydroxyl groups excluding tert-OH is 2. The third kappa shape index (κ3) is 4.49. The van der Waals surface area contributed by atoms with Crippen molar-refractivity contribution in [3.05, 3.63) is 0 Å². The van der Waals surface area contributed by atoms with Crippen LogP contribution in [0.25, 0.3) is 0 Å². The molecule has 0 aromatic rings. The highest BCUT2D eigenvalue weighted by Gasteiger charge is 2.43. The number of aliphatic hydroxyl groups is 2. The van der Waals surface area contributed by atoms with Gasteiger partial charge in [-0.05, 0) is 20.3 Å². The minimum atomic E-state index is -3.16. The van der Waals surface area contributed by atoms with Crippen LogP contribution in [0.15, 0.2) is 0 Å². The second-order valence-corrected chi connectivity index (χ2v) is 6.40. The Kier molecular flexibility index (Phi) is 6.90. The number of hydrogen-bond acceptors (Lipinski definition) is 7. The molecule has 1 fully saturated rings. The summed E-state index contributed by atoms with van der Waals surface area (Å²) in [6.07, 6.45) is -3.29. The smallest absolute Gasteiger partial charge is 0.330 e. The van der Waals surface area contributed by atoms with E-state index in [1.165, 1.54) is 7.11 Å². The van der Waals surface area contributed by atoms with Gasteiger partial charge in [-0.2, -0.15) is 0 Å². The zero-order valence-electron chi connectivity index (χ0n) is 11.5. The van der Waals surface area contributed by atoms with E-state index in [1.54, 1.807) is 13.8 Å². The normalized spacial score (nSPS) is 31.8. The van der Waals surface area contributed by atoms with E-state index >= 15 is 0 Å². The lowest BCUT2D eigenvalue weighted by atomic mass is 10.1. The van der Waals surface area contributed by atoms with Crippen molar-refractivity contribution < 1.29 is 33.3 Å². The van der Waals surface area contributed by atoms with Gasteiger partial charge in [-0.25, -0.2) is 0 Å². The monoisotopic (exact) mass is 298 g/mol. The molecule has 8 heteroatoms. The summed E-state index contributed by atoms with van der Waals surface area (Å²) in [6, 6.07) is 0. The number of rotatable bonds is 8. The zero-order valence-corrected chi connectivity index (χ0v) is 12.4. The molecule has 0 bridgehead atoms. The average Bonchev–Trinajstić information content (AvgIpc) is 2.64. The Balaban J connectivity index is 2.53. The van der Waals surface area contributed by atoms with Crippen LogP contribution in [0.1, 0.15) is 20.3 Å². The number of methoxy groups -OCH3 is 1. The van der Waals surface area contributed by atoms with Gasteiger partial charge in [0.25, 0.3) is 0 Å². The quantitative estimate of drug-likeness (QED) is 0.638. The fraction of sp³-hybridized carbons (Fsp3) is 1.00. The van der Waals surface area contributed by atoms with Crippen molar-refractivity contribution in [1.82, 2.24) is 0 Å². The van der Waals surface area contributed by atoms with Gasteiger partial charge in [-0.15, -0.1) is 0 Å². The van der Waals surface area contributed by atoms with Crippen molar-refractivity contribution in [3.63, 3.8) is 0 Å². The van der Waals surface area contributed by atoms with E-state index in [9.17, 15) is 14.8 Å². The predicted molar refractivity (Wildman–Crippen MR) is 68.0 cm³/mol. The summed E-state index contributed by atoms with van der Waals surface area (Å²) in [5.41, 5.74) is 0. The van der Waals surface area contributed by atoms with Crippen LogP contribution in [0.5, 0.6) is 0 Å². The molecule has 1 heterocycles. The van der Waals surface area contributed by atoms with E-state index in [1.807, 2.05) is 0 Å². The van der Waals surface area contributed by atoms with E-state index in [0.717, 1.165) is 0 Å². The first-order chi connectivity index (χ1) is 8.97. The molecule has 1 saturated heterocycles. The van der Waals surface area contributed by atoms with Gasteiger partial charge >= 0.3 is 7.60 Å². The molecule has 0 aliphatic carbocycles. The summed E-state index contributed by atoms with van der Waals surface area (Å²) in [7, 11) is -1.78. The largest absolute Gasteiger partial charge is 0.387 e. The van der Waals surface area contributed by atoms with Gasteiger partial charge in [0.05, 0.1) is 25.5 Å². The number of hydrogen-bond donors (Lipinski definition) is 2. The van der Waals surface area contributed by atoms with Crippen LogP contribution in [-0.4, -0.2) is 61.3 Å². The molecule has 0 aromatic carbocycles. The molecule has 0 aromatic heterocycles. The third-order valence-corrected chi connectivity index (χ3v) is 5.00. The molecule has 0 saturated carbocycles. The van der Waals surface area contributed by atoms with Crippen molar-refractivity contribution in [2.24, 2.45) is 0 Å². The van der Waals surface area contributed by atoms with Crippen molar-refractivity contribution in [3.8, 4) is 0 Å². The molecule has 0 spiro atoms. The fourth-order valence-electron chi connectivity index (χ4n) is 1.99. The van der Waals surface area contributed by atoms with Gasteiger partial charge in [0, 0.05) is 7.11 Å². The van der Waals surface area contributed by atoms with Gasteiger partial charge in [0.15, 0.2) is 6.29 Å². The summed E-state index contributed by atoms with van der Waals surface area (Å²) >= 11 is 0. The first-order valence-electron chi connectivity index (χ1n) is 6.40. The second kappa shape index (κ2) is 7.69. The molecule has 0 radical (unpaired) electrons. The lowest BCUT2D eigenvalue weighted by molar-refractivity contribution is -0.148. The van der Waals surface area contributed by atoms with Crippen LogP contribution in [-0.2, 0) is 23.1 Å². The molecule has 7 nitrogen and oxygen atoms in total. The average molecular weight is 298 g/mol. The summed E-state index contributed by atoms with van der Waals surface area (Å²) in [6.45, 7) is 4.04. The standard InChI is InChI=1S/C11H23O7P/c1-4-16-19(14,17-5-2)7-6-8-9(12)10(13)11(15-3)18-8/h8-13H,4-7H2,1-3H3/t8-,9-,10-,11?/m1/s1. The van der Waals surface area contributed by atoms with Crippen molar-refractivity contribution in [2.45, 2.75) is 44.9 Å². The molecule has 114 valence electrons. The maximum atomic E-state index is 12.2. The second-order valence-electron chi connectivity index (χ2n) is 4.22. The van der Waals surface area contributed by atoms with Crippen LogP contribution >= 0.6 is 7.60 Å². The predicted octanol–water partition coefficient (Wildman–Crippen LogP) is 0.736. The van der Waals surface area contributed by atoms with Gasteiger partial charge in [0.2, 0.25) is 0 Å². The molecule has 1 rings (SSSR count). The lowest BCUT2D eigenvalue weighted by Gasteiger charge is -2.20. The number of ether oxygens (including phenoxy) is 2. The van der Waals surface area contributed by atoms with Crippen molar-refractivity contribution in [1.29, 1.82) is 0 Å². The van der Waals surface area contributed by atoms with Gasteiger partial charge in [-0.1, -0.05) is 0 Å². The zero-order chi connectivity index (χ0) is 14.5. The summed E-state index contributed by atoms with van der Waals surface area (Å²) < 4.78 is 32.7. The van der Waals surface area contributed by atoms with Crippen LogP contribution < -0.4 is 0 Å². The van der Waals surface area contributed by atoms with Crippen molar-refractivity contribution in [2.75, 3.05) is 26.5 Å². The summed E-state index contributed by atoms with van der Waals surface area (Å²) in [4.78, 5) is 0. The lowest BCUT2D eigenvalue weighted by Crippen LogP contribution is -2.33. The minimum absolute atomic E-state index is 0.125. The Morgan fingerprint density at radius 3 is 2.16 bits per heavy atom. The first kappa shape index (κ1) is 17.0. The molecule has 2 N–H and O–H groups in total. The Morgan fingerprint density at radius 1 is 1.16 bits per heavy atom. The maximum absolute atomic E-state index is 12.2. The van der Waals surface area contributed by atoms with Gasteiger partial charge in [0.1, 0.15) is 12.2 Å². The van der Waals surface area contributed by atoms with Crippen LogP contribution in [0.4, 0.5) is 0 Å². The SMILES string of the molecule is CCOP(=O)(CC[C@H]1OC(OC)[C@H](O)[C@@H]1O)OCC. The fourth-order valence-corrected chi connectivity index (χ4v) is 3.68. The van der Waals surface area contributed by atoms with Gasteiger partial charge < -0.3 is 28.7 Å². The highest BCUT2D eigenvalue weighted by Crippen LogP contribution is 2.49. The molecule has 4 atom stereocenters. The molecule has 1 aliphatic rings. The first-order valence-corrected chi connectivity index (χ1v) is 8.12. The Labute approximate surface area is 113 Å². The van der Waals surface area contributed by atoms with Crippen molar-refractivity contribution >= 4 is 7.60 Å².